The summed E-state index contributed by atoms with van der Waals surface area (Å²) < 4.78 is 10.9. The second-order valence-corrected chi connectivity index (χ2v) is 5.11. The average molecular weight is 262 g/mol. The van der Waals surface area contributed by atoms with Gasteiger partial charge in [-0.3, -0.25) is 4.79 Å². The largest absolute Gasteiger partial charge is 0.486 e. The van der Waals surface area contributed by atoms with Gasteiger partial charge in [0, 0.05) is 24.2 Å². The van der Waals surface area contributed by atoms with E-state index < -0.39 is 0 Å². The molecule has 0 aromatic heterocycles. The molecule has 1 atom stereocenters. The highest BCUT2D eigenvalue weighted by Gasteiger charge is 2.29. The SMILES string of the molecule is NC(CC(=O)Nc1ccc2c(c1)OCCO2)C1CC1. The first-order valence-corrected chi connectivity index (χ1v) is 6.67. The van der Waals surface area contributed by atoms with Crippen LogP contribution in [0.15, 0.2) is 18.2 Å². The molecule has 1 fully saturated rings. The Morgan fingerprint density at radius 1 is 1.32 bits per heavy atom. The van der Waals surface area contributed by atoms with E-state index >= 15 is 0 Å². The number of nitrogens with two attached hydrogens (primary N) is 1. The van der Waals surface area contributed by atoms with Crippen molar-refractivity contribution in [3.8, 4) is 11.5 Å². The number of ether oxygens (including phenoxy) is 2. The number of rotatable bonds is 4. The number of carbonyl (C=O) groups is 1. The predicted molar refractivity (Wildman–Crippen MR) is 71.4 cm³/mol. The third-order valence-corrected chi connectivity index (χ3v) is 3.47. The Morgan fingerprint density at radius 3 is 2.79 bits per heavy atom. The number of amides is 1. The number of benzene rings is 1. The Kier molecular flexibility index (Phi) is 3.29. The average Bonchev–Trinajstić information content (AvgIpc) is 3.22. The highest BCUT2D eigenvalue weighted by molar-refractivity contribution is 5.91. The summed E-state index contributed by atoms with van der Waals surface area (Å²) in [6.45, 7) is 1.10. The first-order chi connectivity index (χ1) is 9.22. The van der Waals surface area contributed by atoms with Crippen molar-refractivity contribution < 1.29 is 14.3 Å². The number of hydrogen-bond acceptors (Lipinski definition) is 4. The maximum atomic E-state index is 11.9. The lowest BCUT2D eigenvalue weighted by Crippen LogP contribution is -2.28. The van der Waals surface area contributed by atoms with E-state index in [4.69, 9.17) is 15.2 Å². The van der Waals surface area contributed by atoms with Crippen LogP contribution in [0.3, 0.4) is 0 Å². The Hall–Kier alpha value is -1.75. The van der Waals surface area contributed by atoms with Crippen LogP contribution in [0.1, 0.15) is 19.3 Å². The van der Waals surface area contributed by atoms with Crippen molar-refractivity contribution in [1.29, 1.82) is 0 Å². The molecule has 19 heavy (non-hydrogen) atoms. The van der Waals surface area contributed by atoms with E-state index in [0.29, 0.717) is 31.3 Å². The minimum absolute atomic E-state index is 0.0165. The van der Waals surface area contributed by atoms with Crippen molar-refractivity contribution in [1.82, 2.24) is 0 Å². The molecule has 1 unspecified atom stereocenters. The van der Waals surface area contributed by atoms with Crippen molar-refractivity contribution in [2.45, 2.75) is 25.3 Å². The molecule has 1 aliphatic carbocycles. The molecule has 3 N–H and O–H groups in total. The number of anilines is 1. The molecule has 5 heteroatoms. The van der Waals surface area contributed by atoms with Gasteiger partial charge in [-0.15, -0.1) is 0 Å². The summed E-state index contributed by atoms with van der Waals surface area (Å²) >= 11 is 0. The first-order valence-electron chi connectivity index (χ1n) is 6.67. The second-order valence-electron chi connectivity index (χ2n) is 5.11. The smallest absolute Gasteiger partial charge is 0.225 e. The number of hydrogen-bond donors (Lipinski definition) is 2. The van der Waals surface area contributed by atoms with Crippen LogP contribution in [-0.4, -0.2) is 25.2 Å². The number of carbonyl (C=O) groups excluding carboxylic acids is 1. The van der Waals surface area contributed by atoms with Gasteiger partial charge in [-0.05, 0) is 30.9 Å². The van der Waals surface area contributed by atoms with Gasteiger partial charge in [0.2, 0.25) is 5.91 Å². The molecule has 1 saturated carbocycles. The fraction of sp³-hybridized carbons (Fsp3) is 0.500. The monoisotopic (exact) mass is 262 g/mol. The van der Waals surface area contributed by atoms with Crippen LogP contribution in [0.5, 0.6) is 11.5 Å². The molecular weight excluding hydrogens is 244 g/mol. The van der Waals surface area contributed by atoms with Crippen LogP contribution in [-0.2, 0) is 4.79 Å². The Labute approximate surface area is 112 Å². The minimum atomic E-state index is -0.0453. The third-order valence-electron chi connectivity index (χ3n) is 3.47. The van der Waals surface area contributed by atoms with Crippen molar-refractivity contribution in [3.05, 3.63) is 18.2 Å². The summed E-state index contributed by atoms with van der Waals surface area (Å²) in [5.41, 5.74) is 6.66. The molecule has 0 bridgehead atoms. The molecule has 0 radical (unpaired) electrons. The molecule has 1 heterocycles. The molecule has 1 aliphatic heterocycles. The van der Waals surface area contributed by atoms with Crippen LogP contribution in [0.4, 0.5) is 5.69 Å². The van der Waals surface area contributed by atoms with Gasteiger partial charge >= 0.3 is 0 Å². The lowest BCUT2D eigenvalue weighted by atomic mass is 10.1. The molecule has 5 nitrogen and oxygen atoms in total. The fourth-order valence-corrected chi connectivity index (χ4v) is 2.24. The van der Waals surface area contributed by atoms with E-state index in [1.54, 1.807) is 6.07 Å². The number of nitrogens with one attached hydrogen (secondary N) is 1. The molecule has 1 aromatic rings. The molecule has 102 valence electrons. The standard InChI is InChI=1S/C14H18N2O3/c15-11(9-1-2-9)8-14(17)16-10-3-4-12-13(7-10)19-6-5-18-12/h3-4,7,9,11H,1-2,5-6,8,15H2,(H,16,17). The maximum absolute atomic E-state index is 11.9. The van der Waals surface area contributed by atoms with Crippen molar-refractivity contribution in [3.63, 3.8) is 0 Å². The highest BCUT2D eigenvalue weighted by Crippen LogP contribution is 2.34. The molecule has 0 spiro atoms. The van der Waals surface area contributed by atoms with Gasteiger partial charge in [0.05, 0.1) is 0 Å². The van der Waals surface area contributed by atoms with Gasteiger partial charge in [0.25, 0.3) is 0 Å². The van der Waals surface area contributed by atoms with Crippen LogP contribution in [0.2, 0.25) is 0 Å². The first kappa shape index (κ1) is 12.3. The van der Waals surface area contributed by atoms with E-state index in [9.17, 15) is 4.79 Å². The van der Waals surface area contributed by atoms with Gasteiger partial charge in [0.1, 0.15) is 13.2 Å². The number of fused-ring (bicyclic) bond motifs is 1. The van der Waals surface area contributed by atoms with E-state index in [0.717, 1.165) is 24.3 Å². The summed E-state index contributed by atoms with van der Waals surface area (Å²) in [6, 6.07) is 5.39. The van der Waals surface area contributed by atoms with Crippen LogP contribution in [0.25, 0.3) is 0 Å². The topological polar surface area (TPSA) is 73.6 Å². The fourth-order valence-electron chi connectivity index (χ4n) is 2.24. The van der Waals surface area contributed by atoms with Crippen LogP contribution >= 0.6 is 0 Å². The lowest BCUT2D eigenvalue weighted by molar-refractivity contribution is -0.116. The molecule has 0 saturated heterocycles. The summed E-state index contributed by atoms with van der Waals surface area (Å²) in [6.07, 6.45) is 2.68. The Balaban J connectivity index is 1.60. The van der Waals surface area contributed by atoms with Gasteiger partial charge in [-0.2, -0.15) is 0 Å². The van der Waals surface area contributed by atoms with Crippen LogP contribution < -0.4 is 20.5 Å². The van der Waals surface area contributed by atoms with E-state index in [1.807, 2.05) is 12.1 Å². The van der Waals surface area contributed by atoms with Crippen LogP contribution in [0, 0.1) is 5.92 Å². The van der Waals surface area contributed by atoms with Gasteiger partial charge in [0.15, 0.2) is 11.5 Å². The Bertz CT molecular complexity index is 486. The van der Waals surface area contributed by atoms with Crippen molar-refractivity contribution in [2.75, 3.05) is 18.5 Å². The quantitative estimate of drug-likeness (QED) is 0.863. The molecule has 3 rings (SSSR count). The zero-order chi connectivity index (χ0) is 13.2. The minimum Gasteiger partial charge on any atom is -0.486 e. The highest BCUT2D eigenvalue weighted by atomic mass is 16.6. The van der Waals surface area contributed by atoms with E-state index in [-0.39, 0.29) is 11.9 Å². The van der Waals surface area contributed by atoms with E-state index in [2.05, 4.69) is 5.32 Å². The second kappa shape index (κ2) is 5.09. The molecule has 1 amide bonds. The Morgan fingerprint density at radius 2 is 2.05 bits per heavy atom. The van der Waals surface area contributed by atoms with Gasteiger partial charge in [-0.25, -0.2) is 0 Å². The van der Waals surface area contributed by atoms with Gasteiger partial charge in [-0.1, -0.05) is 0 Å². The third kappa shape index (κ3) is 2.98. The zero-order valence-electron chi connectivity index (χ0n) is 10.7. The summed E-state index contributed by atoms with van der Waals surface area (Å²) in [7, 11) is 0. The van der Waals surface area contributed by atoms with Gasteiger partial charge < -0.3 is 20.5 Å². The summed E-state index contributed by atoms with van der Waals surface area (Å²) in [5.74, 6) is 1.89. The van der Waals surface area contributed by atoms with Crippen molar-refractivity contribution in [2.24, 2.45) is 11.7 Å². The molecule has 2 aliphatic rings. The molecular formula is C14H18N2O3. The lowest BCUT2D eigenvalue weighted by Gasteiger charge is -2.19. The van der Waals surface area contributed by atoms with E-state index in [1.165, 1.54) is 0 Å². The summed E-state index contributed by atoms with van der Waals surface area (Å²) in [4.78, 5) is 11.9. The predicted octanol–water partition coefficient (Wildman–Crippen LogP) is 1.52. The zero-order valence-corrected chi connectivity index (χ0v) is 10.7. The van der Waals surface area contributed by atoms with Crippen molar-refractivity contribution >= 4 is 11.6 Å². The summed E-state index contributed by atoms with van der Waals surface area (Å²) in [5, 5.41) is 2.85. The molecule has 1 aromatic carbocycles. The normalized spacial score (nSPS) is 18.8. The maximum Gasteiger partial charge on any atom is 0.225 e.